The maximum Gasteiger partial charge on any atom is 0.326 e. The van der Waals surface area contributed by atoms with E-state index in [9.17, 15) is 14.7 Å². The predicted octanol–water partition coefficient (Wildman–Crippen LogP) is 5.30. The minimum atomic E-state index is -0.972. The van der Waals surface area contributed by atoms with Gasteiger partial charge in [-0.15, -0.1) is 0 Å². The molecular formula is C24H18Cl2N4O3. The van der Waals surface area contributed by atoms with Crippen molar-refractivity contribution in [1.82, 2.24) is 9.97 Å². The fourth-order valence-electron chi connectivity index (χ4n) is 3.35. The highest BCUT2D eigenvalue weighted by Crippen LogP contribution is 2.24. The van der Waals surface area contributed by atoms with E-state index in [2.05, 4.69) is 20.6 Å². The summed E-state index contributed by atoms with van der Waals surface area (Å²) >= 11 is 12.1. The lowest BCUT2D eigenvalue weighted by Crippen LogP contribution is -2.31. The second kappa shape index (κ2) is 9.85. The number of carbonyl (C=O) groups excluding carboxylic acids is 1. The van der Waals surface area contributed by atoms with Gasteiger partial charge in [0.1, 0.15) is 6.04 Å². The van der Waals surface area contributed by atoms with Gasteiger partial charge in [0, 0.05) is 41.8 Å². The van der Waals surface area contributed by atoms with E-state index in [1.54, 1.807) is 36.5 Å². The van der Waals surface area contributed by atoms with Crippen LogP contribution >= 0.6 is 23.2 Å². The number of carbonyl (C=O) groups is 2. The quantitative estimate of drug-likeness (QED) is 0.331. The van der Waals surface area contributed by atoms with Crippen molar-refractivity contribution >= 4 is 57.4 Å². The van der Waals surface area contributed by atoms with Gasteiger partial charge in [0.05, 0.1) is 21.1 Å². The zero-order valence-corrected chi connectivity index (χ0v) is 18.6. The van der Waals surface area contributed by atoms with Crippen molar-refractivity contribution in [1.29, 1.82) is 0 Å². The average Bonchev–Trinajstić information content (AvgIpc) is 2.79. The third-order valence-corrected chi connectivity index (χ3v) is 5.55. The Bertz CT molecular complexity index is 1310. The SMILES string of the molecule is O=C(Nc1ccc(CC(Nc2ccc3ncccc3c2)C(=O)O)cc1)c1c(Cl)cncc1Cl. The number of fused-ring (bicyclic) bond motifs is 1. The van der Waals surface area contributed by atoms with Crippen LogP contribution in [0.15, 0.2) is 73.2 Å². The zero-order valence-electron chi connectivity index (χ0n) is 17.1. The summed E-state index contributed by atoms with van der Waals surface area (Å²) in [5.41, 5.74) is 2.97. The molecule has 0 bridgehead atoms. The number of aromatic nitrogens is 2. The number of carboxylic acid groups (broad SMARTS) is 1. The van der Waals surface area contributed by atoms with E-state index < -0.39 is 17.9 Å². The molecule has 0 aliphatic rings. The normalized spacial score (nSPS) is 11.7. The lowest BCUT2D eigenvalue weighted by Gasteiger charge is -2.17. The monoisotopic (exact) mass is 480 g/mol. The molecule has 4 rings (SSSR count). The largest absolute Gasteiger partial charge is 0.480 e. The Morgan fingerprint density at radius 1 is 0.970 bits per heavy atom. The number of hydrogen-bond donors (Lipinski definition) is 3. The van der Waals surface area contributed by atoms with Crippen LogP contribution in [0, 0.1) is 0 Å². The van der Waals surface area contributed by atoms with Gasteiger partial charge < -0.3 is 15.7 Å². The van der Waals surface area contributed by atoms with Gasteiger partial charge >= 0.3 is 5.97 Å². The van der Waals surface area contributed by atoms with E-state index in [1.807, 2.05) is 24.3 Å². The number of hydrogen-bond acceptors (Lipinski definition) is 5. The molecule has 2 heterocycles. The molecule has 2 aromatic heterocycles. The van der Waals surface area contributed by atoms with Crippen LogP contribution in [0.4, 0.5) is 11.4 Å². The molecule has 7 nitrogen and oxygen atoms in total. The number of nitrogens with zero attached hydrogens (tertiary/aromatic N) is 2. The Hall–Kier alpha value is -3.68. The van der Waals surface area contributed by atoms with Crippen molar-refractivity contribution in [3.8, 4) is 0 Å². The van der Waals surface area contributed by atoms with Gasteiger partial charge in [-0.2, -0.15) is 0 Å². The number of rotatable bonds is 7. The molecule has 0 aliphatic heterocycles. The van der Waals surface area contributed by atoms with Crippen LogP contribution in [0.5, 0.6) is 0 Å². The van der Waals surface area contributed by atoms with E-state index in [1.165, 1.54) is 12.4 Å². The highest BCUT2D eigenvalue weighted by atomic mass is 35.5. The number of nitrogens with one attached hydrogen (secondary N) is 2. The zero-order chi connectivity index (χ0) is 23.4. The maximum atomic E-state index is 12.5. The number of amides is 1. The van der Waals surface area contributed by atoms with Crippen LogP contribution < -0.4 is 10.6 Å². The Morgan fingerprint density at radius 3 is 2.36 bits per heavy atom. The van der Waals surface area contributed by atoms with Crippen LogP contribution in [0.1, 0.15) is 15.9 Å². The molecule has 0 saturated heterocycles. The van der Waals surface area contributed by atoms with Gasteiger partial charge in [0.2, 0.25) is 0 Å². The topological polar surface area (TPSA) is 104 Å². The molecule has 9 heteroatoms. The van der Waals surface area contributed by atoms with Gasteiger partial charge in [0.15, 0.2) is 0 Å². The van der Waals surface area contributed by atoms with Crippen LogP contribution in [-0.2, 0) is 11.2 Å². The van der Waals surface area contributed by atoms with Crippen molar-refractivity contribution in [2.75, 3.05) is 10.6 Å². The Morgan fingerprint density at radius 2 is 1.67 bits per heavy atom. The molecule has 2 aromatic carbocycles. The van der Waals surface area contributed by atoms with Gasteiger partial charge in [-0.25, -0.2) is 4.79 Å². The number of benzene rings is 2. The number of halogens is 2. The summed E-state index contributed by atoms with van der Waals surface area (Å²) in [6.07, 6.45) is 4.64. The fourth-order valence-corrected chi connectivity index (χ4v) is 3.88. The Kier molecular flexibility index (Phi) is 6.72. The van der Waals surface area contributed by atoms with E-state index in [0.717, 1.165) is 16.5 Å². The number of aliphatic carboxylic acids is 1. The molecule has 0 saturated carbocycles. The van der Waals surface area contributed by atoms with E-state index in [-0.39, 0.29) is 22.0 Å². The second-order valence-corrected chi connectivity index (χ2v) is 8.09. The molecule has 0 radical (unpaired) electrons. The van der Waals surface area contributed by atoms with Crippen molar-refractivity contribution in [3.05, 3.63) is 94.4 Å². The minimum absolute atomic E-state index is 0.137. The van der Waals surface area contributed by atoms with E-state index in [4.69, 9.17) is 23.2 Å². The van der Waals surface area contributed by atoms with Crippen LogP contribution in [-0.4, -0.2) is 33.0 Å². The van der Waals surface area contributed by atoms with Crippen molar-refractivity contribution < 1.29 is 14.7 Å². The molecule has 4 aromatic rings. The summed E-state index contributed by atoms with van der Waals surface area (Å²) in [6.45, 7) is 0. The average molecular weight is 481 g/mol. The summed E-state index contributed by atoms with van der Waals surface area (Å²) in [6, 6.07) is 15.3. The molecule has 0 fully saturated rings. The molecule has 1 amide bonds. The van der Waals surface area contributed by atoms with Crippen LogP contribution in [0.2, 0.25) is 10.0 Å². The van der Waals surface area contributed by atoms with Crippen LogP contribution in [0.3, 0.4) is 0 Å². The summed E-state index contributed by atoms with van der Waals surface area (Å²) in [5, 5.41) is 16.7. The summed E-state index contributed by atoms with van der Waals surface area (Å²) in [4.78, 5) is 32.4. The van der Waals surface area contributed by atoms with Gasteiger partial charge in [-0.3, -0.25) is 14.8 Å². The Balaban J connectivity index is 1.44. The van der Waals surface area contributed by atoms with Crippen molar-refractivity contribution in [2.45, 2.75) is 12.5 Å². The predicted molar refractivity (Wildman–Crippen MR) is 129 cm³/mol. The third-order valence-electron chi connectivity index (χ3n) is 4.97. The standard InChI is InChI=1S/C24H18Cl2N4O3/c25-18-12-27-13-19(26)22(18)23(31)30-16-5-3-14(4-6-16)10-21(24(32)33)29-17-7-8-20-15(11-17)2-1-9-28-20/h1-9,11-13,21,29H,10H2,(H,30,31)(H,32,33). The highest BCUT2D eigenvalue weighted by molar-refractivity contribution is 6.40. The van der Waals surface area contributed by atoms with Gasteiger partial charge in [-0.1, -0.05) is 41.4 Å². The Labute approximate surface area is 199 Å². The first kappa shape index (κ1) is 22.5. The second-order valence-electron chi connectivity index (χ2n) is 7.28. The first-order valence-corrected chi connectivity index (χ1v) is 10.7. The lowest BCUT2D eigenvalue weighted by atomic mass is 10.0. The lowest BCUT2D eigenvalue weighted by molar-refractivity contribution is -0.137. The molecular weight excluding hydrogens is 463 g/mol. The molecule has 1 atom stereocenters. The number of carboxylic acids is 1. The molecule has 33 heavy (non-hydrogen) atoms. The molecule has 0 aliphatic carbocycles. The van der Waals surface area contributed by atoms with Crippen molar-refractivity contribution in [2.24, 2.45) is 0 Å². The van der Waals surface area contributed by atoms with Gasteiger partial charge in [0.25, 0.3) is 5.91 Å². The maximum absolute atomic E-state index is 12.5. The van der Waals surface area contributed by atoms with Crippen LogP contribution in [0.25, 0.3) is 10.9 Å². The molecule has 0 spiro atoms. The van der Waals surface area contributed by atoms with Crippen molar-refractivity contribution in [3.63, 3.8) is 0 Å². The third kappa shape index (κ3) is 5.39. The number of pyridine rings is 2. The fraction of sp³-hybridized carbons (Fsp3) is 0.0833. The first-order chi connectivity index (χ1) is 15.9. The summed E-state index contributed by atoms with van der Waals surface area (Å²) in [7, 11) is 0. The molecule has 3 N–H and O–H groups in total. The molecule has 1 unspecified atom stereocenters. The summed E-state index contributed by atoms with van der Waals surface area (Å²) < 4.78 is 0. The minimum Gasteiger partial charge on any atom is -0.480 e. The summed E-state index contributed by atoms with van der Waals surface area (Å²) in [5.74, 6) is -1.43. The van der Waals surface area contributed by atoms with E-state index >= 15 is 0 Å². The van der Waals surface area contributed by atoms with E-state index in [0.29, 0.717) is 11.4 Å². The van der Waals surface area contributed by atoms with Gasteiger partial charge in [-0.05, 0) is 42.0 Å². The molecule has 166 valence electrons. The number of anilines is 2. The first-order valence-electron chi connectivity index (χ1n) is 9.94. The smallest absolute Gasteiger partial charge is 0.326 e. The highest BCUT2D eigenvalue weighted by Gasteiger charge is 2.19.